The largest absolute Gasteiger partial charge is 0.0844 e. The zero-order valence-corrected chi connectivity index (χ0v) is 8.60. The fraction of sp³-hybridized carbons (Fsp3) is 0.286. The van der Waals surface area contributed by atoms with Crippen molar-refractivity contribution in [3.05, 3.63) is 60.8 Å². The van der Waals surface area contributed by atoms with Gasteiger partial charge in [-0.25, -0.2) is 0 Å². The molecule has 0 unspecified atom stereocenters. The van der Waals surface area contributed by atoms with Gasteiger partial charge in [-0.1, -0.05) is 60.8 Å². The highest BCUT2D eigenvalue weighted by Gasteiger charge is 1.75. The SMILES string of the molecule is C1=CC/C=C/C/C=C/C/C=C\C=C\C1. The molecule has 0 saturated heterocycles. The van der Waals surface area contributed by atoms with Crippen molar-refractivity contribution in [2.24, 2.45) is 0 Å². The van der Waals surface area contributed by atoms with Crippen LogP contribution in [0.2, 0.25) is 0 Å². The molecule has 0 aromatic rings. The van der Waals surface area contributed by atoms with Crippen molar-refractivity contribution in [3.8, 4) is 0 Å². The highest BCUT2D eigenvalue weighted by Crippen LogP contribution is 1.96. The molecule has 1 aliphatic rings. The first kappa shape index (κ1) is 10.8. The first-order valence-corrected chi connectivity index (χ1v) is 5.27. The Morgan fingerprint density at radius 1 is 0.357 bits per heavy atom. The molecule has 0 fully saturated rings. The lowest BCUT2D eigenvalue weighted by Crippen LogP contribution is -1.65. The Labute approximate surface area is 87.0 Å². The van der Waals surface area contributed by atoms with Crippen LogP contribution in [0.3, 0.4) is 0 Å². The number of hydrogen-bond acceptors (Lipinski definition) is 0. The summed E-state index contributed by atoms with van der Waals surface area (Å²) in [5.41, 5.74) is 0. The van der Waals surface area contributed by atoms with Crippen molar-refractivity contribution in [1.29, 1.82) is 0 Å². The topological polar surface area (TPSA) is 0 Å². The summed E-state index contributed by atoms with van der Waals surface area (Å²) in [7, 11) is 0. The lowest BCUT2D eigenvalue weighted by molar-refractivity contribution is 1.26. The predicted molar refractivity (Wildman–Crippen MR) is 64.2 cm³/mol. The zero-order valence-electron chi connectivity index (χ0n) is 8.60. The lowest BCUT2D eigenvalue weighted by atomic mass is 10.2. The molecule has 0 atom stereocenters. The summed E-state index contributed by atoms with van der Waals surface area (Å²) < 4.78 is 0. The fourth-order valence-corrected chi connectivity index (χ4v) is 1.21. The third-order valence-corrected chi connectivity index (χ3v) is 1.97. The average Bonchev–Trinajstić information content (AvgIpc) is 2.22. The van der Waals surface area contributed by atoms with Crippen LogP contribution >= 0.6 is 0 Å². The minimum absolute atomic E-state index is 1.04. The quantitative estimate of drug-likeness (QED) is 0.494. The Morgan fingerprint density at radius 3 is 1.00 bits per heavy atom. The predicted octanol–water partition coefficient (Wildman–Crippen LogP) is 4.34. The van der Waals surface area contributed by atoms with Gasteiger partial charge in [-0.3, -0.25) is 0 Å². The fourth-order valence-electron chi connectivity index (χ4n) is 1.21. The molecule has 0 N–H and O–H groups in total. The van der Waals surface area contributed by atoms with Gasteiger partial charge in [0.1, 0.15) is 0 Å². The Morgan fingerprint density at radius 2 is 0.643 bits per heavy atom. The molecule has 0 heterocycles. The van der Waals surface area contributed by atoms with Gasteiger partial charge in [0.2, 0.25) is 0 Å². The smallest absolute Gasteiger partial charge is 0.0166 e. The van der Waals surface area contributed by atoms with Crippen LogP contribution in [-0.2, 0) is 0 Å². The van der Waals surface area contributed by atoms with Gasteiger partial charge in [0, 0.05) is 0 Å². The molecule has 1 aliphatic carbocycles. The minimum Gasteiger partial charge on any atom is -0.0844 e. The molecule has 0 aliphatic heterocycles. The Balaban J connectivity index is 2.45. The molecule has 0 saturated carbocycles. The summed E-state index contributed by atoms with van der Waals surface area (Å²) in [4.78, 5) is 0. The molecule has 0 aromatic heterocycles. The van der Waals surface area contributed by atoms with Gasteiger partial charge in [0.15, 0.2) is 0 Å². The van der Waals surface area contributed by atoms with Crippen LogP contribution in [0.25, 0.3) is 0 Å². The number of hydrogen-bond donors (Lipinski definition) is 0. The first-order valence-electron chi connectivity index (χ1n) is 5.27. The van der Waals surface area contributed by atoms with E-state index in [-0.39, 0.29) is 0 Å². The van der Waals surface area contributed by atoms with Crippen LogP contribution in [0.15, 0.2) is 60.8 Å². The van der Waals surface area contributed by atoms with E-state index in [9.17, 15) is 0 Å². The van der Waals surface area contributed by atoms with Gasteiger partial charge < -0.3 is 0 Å². The van der Waals surface area contributed by atoms with Crippen LogP contribution in [0, 0.1) is 0 Å². The maximum absolute atomic E-state index is 2.21. The van der Waals surface area contributed by atoms with E-state index in [1.807, 2.05) is 0 Å². The van der Waals surface area contributed by atoms with Crippen molar-refractivity contribution < 1.29 is 0 Å². The summed E-state index contributed by atoms with van der Waals surface area (Å²) in [5.74, 6) is 0. The molecule has 0 aromatic carbocycles. The third-order valence-electron chi connectivity index (χ3n) is 1.97. The summed E-state index contributed by atoms with van der Waals surface area (Å²) in [6, 6.07) is 0. The molecular weight excluding hydrogens is 168 g/mol. The van der Waals surface area contributed by atoms with Crippen LogP contribution in [0.4, 0.5) is 0 Å². The van der Waals surface area contributed by atoms with E-state index in [2.05, 4.69) is 60.8 Å². The standard InChI is InChI=1S/C14H18/c1-2-4-6-8-10-12-14-13-11-9-7-5-3-1/h1-4,7-10,13-14H,5-6,11-12H2/b3-1-,4-2+,9-7+,10-8?,14-13+. The third kappa shape index (κ3) is 6.24. The number of allylic oxidation sites excluding steroid dienone is 10. The van der Waals surface area contributed by atoms with Gasteiger partial charge >= 0.3 is 0 Å². The van der Waals surface area contributed by atoms with Gasteiger partial charge in [-0.05, 0) is 25.7 Å². The first-order chi connectivity index (χ1) is 7.00. The number of rotatable bonds is 0. The molecule has 0 heteroatoms. The molecule has 0 bridgehead atoms. The maximum atomic E-state index is 2.21. The van der Waals surface area contributed by atoms with Gasteiger partial charge in [0.05, 0.1) is 0 Å². The molecule has 0 nitrogen and oxygen atoms in total. The second-order valence-corrected chi connectivity index (χ2v) is 3.21. The van der Waals surface area contributed by atoms with Crippen LogP contribution < -0.4 is 0 Å². The molecule has 0 spiro atoms. The van der Waals surface area contributed by atoms with Crippen LogP contribution in [0.5, 0.6) is 0 Å². The lowest BCUT2D eigenvalue weighted by Gasteiger charge is -1.86. The second kappa shape index (κ2) is 8.31. The molecule has 1 rings (SSSR count). The van der Waals surface area contributed by atoms with E-state index in [0.29, 0.717) is 0 Å². The van der Waals surface area contributed by atoms with Crippen molar-refractivity contribution in [2.45, 2.75) is 25.7 Å². The average molecular weight is 186 g/mol. The van der Waals surface area contributed by atoms with E-state index in [4.69, 9.17) is 0 Å². The van der Waals surface area contributed by atoms with Crippen LogP contribution in [0.1, 0.15) is 25.7 Å². The summed E-state index contributed by atoms with van der Waals surface area (Å²) in [6.07, 6.45) is 26.0. The van der Waals surface area contributed by atoms with Gasteiger partial charge in [-0.15, -0.1) is 0 Å². The van der Waals surface area contributed by atoms with E-state index < -0.39 is 0 Å². The van der Waals surface area contributed by atoms with Crippen molar-refractivity contribution in [1.82, 2.24) is 0 Å². The van der Waals surface area contributed by atoms with E-state index >= 15 is 0 Å². The Bertz CT molecular complexity index is 234. The van der Waals surface area contributed by atoms with Crippen molar-refractivity contribution in [2.75, 3.05) is 0 Å². The molecular formula is C14H18. The second-order valence-electron chi connectivity index (χ2n) is 3.21. The van der Waals surface area contributed by atoms with E-state index in [1.54, 1.807) is 0 Å². The van der Waals surface area contributed by atoms with Crippen LogP contribution in [-0.4, -0.2) is 0 Å². The van der Waals surface area contributed by atoms with Crippen molar-refractivity contribution in [3.63, 3.8) is 0 Å². The summed E-state index contributed by atoms with van der Waals surface area (Å²) in [6.45, 7) is 0. The summed E-state index contributed by atoms with van der Waals surface area (Å²) >= 11 is 0. The van der Waals surface area contributed by atoms with E-state index in [1.165, 1.54) is 0 Å². The normalized spacial score (nSPS) is 27.4. The van der Waals surface area contributed by atoms with Crippen molar-refractivity contribution >= 4 is 0 Å². The molecule has 14 heavy (non-hydrogen) atoms. The highest BCUT2D eigenvalue weighted by molar-refractivity contribution is 5.08. The van der Waals surface area contributed by atoms with E-state index in [0.717, 1.165) is 25.7 Å². The minimum atomic E-state index is 1.04. The molecule has 74 valence electrons. The Hall–Kier alpha value is -1.30. The van der Waals surface area contributed by atoms with Gasteiger partial charge in [0.25, 0.3) is 0 Å². The van der Waals surface area contributed by atoms with Gasteiger partial charge in [-0.2, -0.15) is 0 Å². The summed E-state index contributed by atoms with van der Waals surface area (Å²) in [5, 5.41) is 0. The highest BCUT2D eigenvalue weighted by atomic mass is 13.8. The maximum Gasteiger partial charge on any atom is -0.0166 e. The molecule has 0 amide bonds. The monoisotopic (exact) mass is 186 g/mol. The zero-order chi connectivity index (χ0) is 9.90. The Kier molecular flexibility index (Phi) is 6.39. The molecule has 0 radical (unpaired) electrons.